The zero-order chi connectivity index (χ0) is 92.5. The maximum absolute atomic E-state index is 11.2. The number of ether oxygens (including phenoxy) is 23. The van der Waals surface area contributed by atoms with Crippen molar-refractivity contribution in [3.05, 3.63) is 192 Å². The summed E-state index contributed by atoms with van der Waals surface area (Å²) in [4.78, 5) is 66.2. The standard InChI is InChI=1S/C21H24O5.C21H26O5.C14H18O5.C13H20O8.C12H16O7.C6H12O6.Al.3ClH/c1-22-19-12-17(23-13-15-8-4-2-5-9-15)20-21(26-19)24-14-18(25-20)16-10-6-3-7-11-16;1-23-20-12-18(24-14-16-8-4-2-5-9-16)21(19(13-22)26-20)25-15-17-10-6-3-7-11-17;1-16-12-7-10(15)13-14(19-12)17-8-11(18-13)9-5-3-2-4-6-9;1-7(14)18-6-11-13(20-9(3)16)10(19-8(2)15)5-12(17-4)21-11;1-7(13)17-6-11-12(19-9(3)15)10(4-5-16-11)18-8(2)14;7-1-2-3(8)4(9)5(10)6(11)12-2;;;;/h2-11,17-21H,12-14H2,1H3;2-11,18-22H,12-15H2,1H3;2-6,10-15H,7-8H2,1H3;10-13H,5-6H2,1-4H3;4-5,10-12H,6H2,1-3H3;2-11H,1H2;;3*1H/q;;;;;;+3;;;/p-3. The van der Waals surface area contributed by atoms with Crippen LogP contribution in [0.15, 0.2) is 164 Å². The number of fused-ring (bicyclic) bond motifs is 2. The molecule has 7 fully saturated rings. The molecule has 8 heterocycles. The number of hydrogen-bond donors (Lipinski definition) is 7. The van der Waals surface area contributed by atoms with E-state index in [0.29, 0.717) is 52.3 Å². The molecule has 0 amide bonds. The number of aliphatic hydroxyl groups excluding tert-OH is 7. The van der Waals surface area contributed by atoms with Crippen LogP contribution in [0.5, 0.6) is 0 Å². The highest BCUT2D eigenvalue weighted by molar-refractivity contribution is 7.54. The van der Waals surface area contributed by atoms with Gasteiger partial charge in [0.2, 0.25) is 0 Å². The van der Waals surface area contributed by atoms with Crippen LogP contribution < -0.4 is 0 Å². The summed E-state index contributed by atoms with van der Waals surface area (Å²) in [5, 5.41) is 64.5. The van der Waals surface area contributed by atoms with E-state index in [1.807, 2.05) is 127 Å². The molecule has 127 heavy (non-hydrogen) atoms. The molecule has 5 aromatic rings. The quantitative estimate of drug-likeness (QED) is 0.0185. The number of carbonyl (C=O) groups is 6. The number of aliphatic hydroxyl groups is 7. The monoisotopic (exact) mass is 1870 g/mol. The average molecular weight is 1870 g/mol. The van der Waals surface area contributed by atoms with Crippen molar-refractivity contribution in [1.29, 1.82) is 0 Å². The van der Waals surface area contributed by atoms with Crippen molar-refractivity contribution in [2.24, 2.45) is 0 Å². The van der Waals surface area contributed by atoms with Crippen molar-refractivity contribution in [3.8, 4) is 0 Å². The molecule has 0 bridgehead atoms. The highest BCUT2D eigenvalue weighted by atomic mass is 35.8. The average Bonchev–Trinajstić information content (AvgIpc) is 0.797. The molecule has 0 radical (unpaired) electrons. The van der Waals surface area contributed by atoms with Gasteiger partial charge < -0.3 is 145 Å². The van der Waals surface area contributed by atoms with E-state index in [1.165, 1.54) is 61.0 Å². The Morgan fingerprint density at radius 3 is 1.24 bits per heavy atom. The molecule has 8 aliphatic heterocycles. The van der Waals surface area contributed by atoms with E-state index in [2.05, 4.69) is 29.0 Å². The van der Waals surface area contributed by atoms with Gasteiger partial charge in [-0.1, -0.05) is 152 Å². The predicted octanol–water partition coefficient (Wildman–Crippen LogP) is 6.55. The van der Waals surface area contributed by atoms with Crippen LogP contribution in [0.25, 0.3) is 0 Å². The first-order valence-electron chi connectivity index (χ1n) is 40.8. The predicted molar refractivity (Wildman–Crippen MR) is 448 cm³/mol. The summed E-state index contributed by atoms with van der Waals surface area (Å²) in [5.74, 6) is -3.11. The second-order valence-electron chi connectivity index (χ2n) is 29.3. The zero-order valence-electron chi connectivity index (χ0n) is 72.0. The summed E-state index contributed by atoms with van der Waals surface area (Å²) in [7, 11) is 21.0. The molecule has 0 spiro atoms. The van der Waals surface area contributed by atoms with E-state index in [9.17, 15) is 39.0 Å². The molecule has 26 atom stereocenters. The molecule has 40 heteroatoms. The fourth-order valence-electron chi connectivity index (χ4n) is 13.7. The minimum Gasteiger partial charge on any atom is -0.491 e. The van der Waals surface area contributed by atoms with Crippen molar-refractivity contribution in [2.75, 3.05) is 68.1 Å². The summed E-state index contributed by atoms with van der Waals surface area (Å²) >= 11 is -1.72. The van der Waals surface area contributed by atoms with Gasteiger partial charge in [0.15, 0.2) is 68.4 Å². The molecule has 7 N–H and O–H groups in total. The molecule has 26 unspecified atom stereocenters. The molecule has 0 aromatic heterocycles. The van der Waals surface area contributed by atoms with Crippen LogP contribution in [0.2, 0.25) is 0 Å². The molecule has 7 saturated heterocycles. The molecule has 704 valence electrons. The summed E-state index contributed by atoms with van der Waals surface area (Å²) in [6, 6.07) is 50.0. The number of methoxy groups -OCH3 is 4. The smallest absolute Gasteiger partial charge is 0.491 e. The van der Waals surface area contributed by atoms with Crippen molar-refractivity contribution < 1.29 is 173 Å². The fourth-order valence-corrected chi connectivity index (χ4v) is 13.7. The molecule has 36 nitrogen and oxygen atoms in total. The van der Waals surface area contributed by atoms with Gasteiger partial charge in [0.05, 0.1) is 70.8 Å². The van der Waals surface area contributed by atoms with Crippen molar-refractivity contribution in [2.45, 2.75) is 247 Å². The molecule has 8 aliphatic rings. The first kappa shape index (κ1) is 107. The lowest BCUT2D eigenvalue weighted by atomic mass is 10.00. The van der Waals surface area contributed by atoms with Crippen molar-refractivity contribution in [3.63, 3.8) is 0 Å². The third-order valence-corrected chi connectivity index (χ3v) is 19.8. The van der Waals surface area contributed by atoms with Crippen LogP contribution in [0.1, 0.15) is 107 Å². The minimum absolute atomic E-state index is 0.102. The molecular formula is C87H116AlCl3O36. The van der Waals surface area contributed by atoms with Crippen LogP contribution >= 0.6 is 30.1 Å². The summed E-state index contributed by atoms with van der Waals surface area (Å²) in [5.41, 5.74) is 5.43. The Balaban J connectivity index is 0.000000210. The number of rotatable bonds is 25. The lowest BCUT2D eigenvalue weighted by Gasteiger charge is -2.45. The van der Waals surface area contributed by atoms with Gasteiger partial charge in [-0.3, -0.25) is 28.8 Å². The largest absolute Gasteiger partial charge is 0.643 e. The topological polar surface area (TPSA) is 456 Å². The van der Waals surface area contributed by atoms with Crippen LogP contribution in [-0.2, 0) is 158 Å². The van der Waals surface area contributed by atoms with Crippen molar-refractivity contribution in [1.82, 2.24) is 0 Å². The zero-order valence-corrected chi connectivity index (χ0v) is 75.4. The number of hydrogen-bond acceptors (Lipinski definition) is 36. The van der Waals surface area contributed by atoms with Crippen LogP contribution in [-0.4, -0.2) is 299 Å². The minimum atomic E-state index is -1.72. The number of carbonyl (C=O) groups excluding carboxylic acids is 6. The van der Waals surface area contributed by atoms with E-state index < -0.39 is 171 Å². The maximum Gasteiger partial charge on any atom is 0.643 e. The highest BCUT2D eigenvalue weighted by Gasteiger charge is 2.49. The second kappa shape index (κ2) is 57.3. The van der Waals surface area contributed by atoms with Gasteiger partial charge in [0.25, 0.3) is 0 Å². The second-order valence-corrected chi connectivity index (χ2v) is 35.7. The summed E-state index contributed by atoms with van der Waals surface area (Å²) in [6.07, 6.45) is -13.0. The third kappa shape index (κ3) is 36.9. The maximum atomic E-state index is 11.2. The van der Waals surface area contributed by atoms with E-state index in [1.54, 1.807) is 21.3 Å². The Hall–Kier alpha value is -7.06. The van der Waals surface area contributed by atoms with Crippen LogP contribution in [0.4, 0.5) is 0 Å². The Morgan fingerprint density at radius 2 is 0.787 bits per heavy atom. The summed E-state index contributed by atoms with van der Waals surface area (Å²) < 4.78 is 126. The lowest BCUT2D eigenvalue weighted by Crippen LogP contribution is -2.58. The van der Waals surface area contributed by atoms with Gasteiger partial charge in [-0.05, 0) is 33.9 Å². The normalized spacial score (nSPS) is 30.9. The first-order chi connectivity index (χ1) is 60.9. The number of benzene rings is 5. The molecular weight excluding hydrogens is 1750 g/mol. The Labute approximate surface area is 753 Å². The SMILES string of the molecule is CC(=O)OCC1OC=CC(OC(C)=O)C1OC(C)=O.COC1CC(O)C2OC(c3ccccc3)COC2O1.COC1CC(OC(C)=O)C(OC(C)=O)C(COC(C)=O)O1.COC1CC(OCc2ccccc2)C(OCc2ccccc2)C(CO)O1.COC1CC(OCc2ccccc2)C2OC(c3ccccc3)COC2O1.OCC1OC(O)C(O)C(O)C1O.[Cl][Al]([Cl])[Cl]. The van der Waals surface area contributed by atoms with Gasteiger partial charge in [-0.15, -0.1) is 0 Å². The number of esters is 6. The molecule has 0 aliphatic carbocycles. The lowest BCUT2D eigenvalue weighted by molar-refractivity contribution is -0.362. The van der Waals surface area contributed by atoms with E-state index >= 15 is 0 Å². The highest BCUT2D eigenvalue weighted by Crippen LogP contribution is 2.38. The van der Waals surface area contributed by atoms with Gasteiger partial charge in [-0.2, -0.15) is 0 Å². The Morgan fingerprint density at radius 1 is 0.394 bits per heavy atom. The van der Waals surface area contributed by atoms with Gasteiger partial charge in [0, 0.05) is 95.7 Å². The van der Waals surface area contributed by atoms with Crippen LogP contribution in [0, 0.1) is 0 Å². The first-order valence-corrected chi connectivity index (χ1v) is 46.0. The number of halogens is 3. The van der Waals surface area contributed by atoms with Crippen molar-refractivity contribution >= 4 is 77.3 Å². The third-order valence-electron chi connectivity index (χ3n) is 19.8. The van der Waals surface area contributed by atoms with Gasteiger partial charge in [0.1, 0.15) is 86.5 Å². The Bertz CT molecular complexity index is 3910. The van der Waals surface area contributed by atoms with E-state index in [-0.39, 0.29) is 69.2 Å². The Kier molecular flexibility index (Phi) is 48.3. The van der Waals surface area contributed by atoms with E-state index in [4.69, 9.17) is 160 Å². The van der Waals surface area contributed by atoms with Gasteiger partial charge >= 0.3 is 47.2 Å². The molecule has 5 aromatic carbocycles. The van der Waals surface area contributed by atoms with Crippen LogP contribution in [0.3, 0.4) is 0 Å². The summed E-state index contributed by atoms with van der Waals surface area (Å²) in [6.45, 7) is 8.85. The molecule has 13 rings (SSSR count). The fraction of sp³-hybridized carbons (Fsp3) is 0.563. The van der Waals surface area contributed by atoms with Gasteiger partial charge in [-0.25, -0.2) is 30.1 Å². The molecule has 0 saturated carbocycles. The van der Waals surface area contributed by atoms with E-state index in [0.717, 1.165) is 27.8 Å².